The Morgan fingerprint density at radius 3 is 2.50 bits per heavy atom. The molecule has 2 rings (SSSR count). The zero-order valence-electron chi connectivity index (χ0n) is 9.95. The quantitative estimate of drug-likeness (QED) is 0.458. The van der Waals surface area contributed by atoms with Crippen LogP contribution in [0, 0.1) is 0 Å². The highest BCUT2D eigenvalue weighted by molar-refractivity contribution is 7.06. The van der Waals surface area contributed by atoms with Gasteiger partial charge in [0.05, 0.1) is 20.8 Å². The first-order valence-electron chi connectivity index (χ1n) is 5.30. The molecule has 0 fully saturated rings. The number of para-hydroxylation sites is 1. The molecule has 0 bridgehead atoms. The number of rotatable bonds is 3. The number of carbonyl (C=O) groups excluding carboxylic acids is 1. The highest BCUT2D eigenvalue weighted by atomic mass is 32.1. The van der Waals surface area contributed by atoms with Crippen LogP contribution in [0.25, 0.3) is 11.3 Å². The van der Waals surface area contributed by atoms with Gasteiger partial charge >= 0.3 is 0 Å². The molecule has 2 aromatic rings. The number of Topliss-reactive ketones (excluding diaryl/α,β-unsaturated/α-hetero) is 1. The summed E-state index contributed by atoms with van der Waals surface area (Å²) in [5.74, 6) is -0.585. The van der Waals surface area contributed by atoms with E-state index in [2.05, 4.69) is 9.59 Å². The van der Waals surface area contributed by atoms with Gasteiger partial charge in [0.25, 0.3) is 5.69 Å². The summed E-state index contributed by atoms with van der Waals surface area (Å²) < 4.78 is 4.09. The van der Waals surface area contributed by atoms with E-state index in [1.807, 2.05) is 30.3 Å². The van der Waals surface area contributed by atoms with Crippen LogP contribution < -0.4 is 9.90 Å². The van der Waals surface area contributed by atoms with Crippen molar-refractivity contribution in [2.24, 2.45) is 0 Å². The lowest BCUT2D eigenvalue weighted by Crippen LogP contribution is -2.35. The van der Waals surface area contributed by atoms with Crippen molar-refractivity contribution in [3.05, 3.63) is 41.1 Å². The first-order valence-corrected chi connectivity index (χ1v) is 6.08. The third-order valence-corrected chi connectivity index (χ3v) is 2.99. The maximum absolute atomic E-state index is 11.4. The molecule has 0 spiro atoms. The summed E-state index contributed by atoms with van der Waals surface area (Å²) in [6.45, 7) is 2.70. The van der Waals surface area contributed by atoms with Crippen LogP contribution in [-0.4, -0.2) is 15.4 Å². The zero-order chi connectivity index (χ0) is 13.1. The SMILES string of the molecule is CC(=O)/C(=C(/C)[O-])c1n[n+](-c2ccccc2)ns1. The Morgan fingerprint density at radius 1 is 1.28 bits per heavy atom. The summed E-state index contributed by atoms with van der Waals surface area (Å²) >= 11 is 1.03. The van der Waals surface area contributed by atoms with E-state index in [9.17, 15) is 9.90 Å². The lowest BCUT2D eigenvalue weighted by Gasteiger charge is -2.07. The number of aromatic nitrogens is 3. The summed E-state index contributed by atoms with van der Waals surface area (Å²) in [6.07, 6.45) is 0. The minimum Gasteiger partial charge on any atom is -0.875 e. The number of allylic oxidation sites excluding steroid dienone is 2. The second kappa shape index (κ2) is 5.05. The fourth-order valence-electron chi connectivity index (χ4n) is 1.51. The van der Waals surface area contributed by atoms with Crippen LogP contribution in [0.2, 0.25) is 0 Å². The van der Waals surface area contributed by atoms with E-state index in [0.717, 1.165) is 17.2 Å². The van der Waals surface area contributed by atoms with E-state index in [-0.39, 0.29) is 17.1 Å². The monoisotopic (exact) mass is 261 g/mol. The lowest BCUT2D eigenvalue weighted by molar-refractivity contribution is -0.710. The molecule has 92 valence electrons. The Labute approximate surface area is 108 Å². The highest BCUT2D eigenvalue weighted by Gasteiger charge is 2.20. The van der Waals surface area contributed by atoms with E-state index >= 15 is 0 Å². The fourth-order valence-corrected chi connectivity index (χ4v) is 2.29. The van der Waals surface area contributed by atoms with Gasteiger partial charge in [0.15, 0.2) is 5.78 Å². The Bertz CT molecular complexity index is 601. The third kappa shape index (κ3) is 2.43. The average molecular weight is 261 g/mol. The van der Waals surface area contributed by atoms with E-state index in [0.29, 0.717) is 5.01 Å². The van der Waals surface area contributed by atoms with Crippen LogP contribution in [0.5, 0.6) is 0 Å². The molecule has 0 N–H and O–H groups in total. The number of nitrogens with zero attached hydrogens (tertiary/aromatic N) is 3. The predicted octanol–water partition coefficient (Wildman–Crippen LogP) is 0.495. The first-order chi connectivity index (χ1) is 8.59. The molecule has 0 atom stereocenters. The Morgan fingerprint density at radius 2 is 1.94 bits per heavy atom. The van der Waals surface area contributed by atoms with Gasteiger partial charge in [-0.15, -0.1) is 5.76 Å². The largest absolute Gasteiger partial charge is 0.875 e. The van der Waals surface area contributed by atoms with Crippen molar-refractivity contribution in [2.45, 2.75) is 13.8 Å². The molecule has 5 nitrogen and oxygen atoms in total. The van der Waals surface area contributed by atoms with Gasteiger partial charge in [0.1, 0.15) is 0 Å². The minimum atomic E-state index is -0.293. The molecule has 0 amide bonds. The summed E-state index contributed by atoms with van der Waals surface area (Å²) in [7, 11) is 0. The van der Waals surface area contributed by atoms with Crippen LogP contribution in [0.3, 0.4) is 0 Å². The molecule has 0 aliphatic heterocycles. The van der Waals surface area contributed by atoms with Gasteiger partial charge in [0.2, 0.25) is 5.01 Å². The summed E-state index contributed by atoms with van der Waals surface area (Å²) in [5, 5.41) is 15.9. The Balaban J connectivity index is 2.43. The zero-order valence-corrected chi connectivity index (χ0v) is 10.8. The van der Waals surface area contributed by atoms with Crippen LogP contribution in [0.1, 0.15) is 18.9 Å². The molecule has 0 saturated carbocycles. The standard InChI is InChI=1S/C12H11N3O2S/c1-8(16)11(9(2)17)12-13-15(14-18-12)10-6-4-3-5-7-10/h3-7H,1-2H3. The van der Waals surface area contributed by atoms with Gasteiger partial charge in [-0.2, -0.15) is 0 Å². The van der Waals surface area contributed by atoms with Gasteiger partial charge in [-0.25, -0.2) is 0 Å². The highest BCUT2D eigenvalue weighted by Crippen LogP contribution is 2.17. The van der Waals surface area contributed by atoms with Crippen molar-refractivity contribution in [3.63, 3.8) is 0 Å². The molecule has 0 radical (unpaired) electrons. The second-order valence-corrected chi connectivity index (χ2v) is 4.42. The molecule has 0 unspecified atom stereocenters. The fraction of sp³-hybridized carbons (Fsp3) is 0.167. The van der Waals surface area contributed by atoms with Crippen LogP contribution >= 0.6 is 11.5 Å². The molecule has 18 heavy (non-hydrogen) atoms. The maximum atomic E-state index is 11.4. The van der Waals surface area contributed by atoms with Gasteiger partial charge in [0, 0.05) is 22.8 Å². The summed E-state index contributed by atoms with van der Waals surface area (Å²) in [5.41, 5.74) is 0.883. The van der Waals surface area contributed by atoms with Gasteiger partial charge < -0.3 is 5.11 Å². The van der Waals surface area contributed by atoms with Gasteiger partial charge in [-0.05, 0) is 6.92 Å². The number of hydrogen-bond acceptors (Lipinski definition) is 5. The third-order valence-electron chi connectivity index (χ3n) is 2.30. The molecule has 0 saturated heterocycles. The molecular formula is C12H11N3O2S. The molecule has 0 aliphatic rings. The predicted molar refractivity (Wildman–Crippen MR) is 64.7 cm³/mol. The van der Waals surface area contributed by atoms with Crippen LogP contribution in [0.15, 0.2) is 36.1 Å². The summed E-state index contributed by atoms with van der Waals surface area (Å²) in [6, 6.07) is 9.31. The number of hydrogen-bond donors (Lipinski definition) is 0. The average Bonchev–Trinajstić information content (AvgIpc) is 2.78. The van der Waals surface area contributed by atoms with Crippen molar-refractivity contribution in [3.8, 4) is 5.69 Å². The number of benzene rings is 1. The first kappa shape index (κ1) is 12.4. The topological polar surface area (TPSA) is 69.8 Å². The lowest BCUT2D eigenvalue weighted by atomic mass is 10.2. The van der Waals surface area contributed by atoms with E-state index in [1.54, 1.807) is 0 Å². The molecular weight excluding hydrogens is 250 g/mol. The molecule has 0 aliphatic carbocycles. The molecule has 6 heteroatoms. The minimum absolute atomic E-state index is 0.0992. The van der Waals surface area contributed by atoms with E-state index < -0.39 is 0 Å². The van der Waals surface area contributed by atoms with Crippen LogP contribution in [0.4, 0.5) is 0 Å². The molecule has 1 heterocycles. The van der Waals surface area contributed by atoms with Gasteiger partial charge in [-0.3, -0.25) is 4.79 Å². The van der Waals surface area contributed by atoms with Crippen molar-refractivity contribution in [1.29, 1.82) is 0 Å². The number of carbonyl (C=O) groups is 1. The van der Waals surface area contributed by atoms with Crippen molar-refractivity contribution < 1.29 is 14.7 Å². The van der Waals surface area contributed by atoms with Crippen LogP contribution in [-0.2, 0) is 4.79 Å². The van der Waals surface area contributed by atoms with Gasteiger partial charge in [-0.1, -0.05) is 25.1 Å². The number of ketones is 1. The van der Waals surface area contributed by atoms with Crippen molar-refractivity contribution in [1.82, 2.24) is 9.59 Å². The van der Waals surface area contributed by atoms with Crippen molar-refractivity contribution in [2.75, 3.05) is 0 Å². The Kier molecular flexibility index (Phi) is 3.47. The van der Waals surface area contributed by atoms with Crippen molar-refractivity contribution >= 4 is 22.9 Å². The Hall–Kier alpha value is -2.08. The smallest absolute Gasteiger partial charge is 0.269 e. The second-order valence-electron chi connectivity index (χ2n) is 3.69. The summed E-state index contributed by atoms with van der Waals surface area (Å²) in [4.78, 5) is 12.8. The molecule has 1 aromatic carbocycles. The maximum Gasteiger partial charge on any atom is 0.269 e. The van der Waals surface area contributed by atoms with E-state index in [4.69, 9.17) is 0 Å². The van der Waals surface area contributed by atoms with E-state index in [1.165, 1.54) is 18.6 Å². The normalized spacial score (nSPS) is 12.1. The molecule has 1 aromatic heterocycles.